The molecule has 112 valence electrons. The molecule has 0 aromatic heterocycles. The Morgan fingerprint density at radius 1 is 1.42 bits per heavy atom. The molecule has 2 rings (SSSR count). The van der Waals surface area contributed by atoms with Gasteiger partial charge in [0.15, 0.2) is 5.96 Å². The molecule has 1 unspecified atom stereocenters. The van der Waals surface area contributed by atoms with E-state index in [1.165, 1.54) is 12.8 Å². The highest BCUT2D eigenvalue weighted by Gasteiger charge is 2.32. The SMILES string of the molecule is CC(C)(C)NC(N)=NCC1CN(C2CC2)CCO1.I. The van der Waals surface area contributed by atoms with Gasteiger partial charge in [-0.2, -0.15) is 0 Å². The minimum atomic E-state index is -0.0406. The molecule has 0 radical (unpaired) electrons. The summed E-state index contributed by atoms with van der Waals surface area (Å²) in [4.78, 5) is 6.90. The van der Waals surface area contributed by atoms with Crippen molar-refractivity contribution in [1.29, 1.82) is 0 Å². The van der Waals surface area contributed by atoms with Gasteiger partial charge in [0.2, 0.25) is 0 Å². The smallest absolute Gasteiger partial charge is 0.189 e. The number of rotatable bonds is 3. The summed E-state index contributed by atoms with van der Waals surface area (Å²) in [5.41, 5.74) is 5.81. The fraction of sp³-hybridized carbons (Fsp3) is 0.923. The van der Waals surface area contributed by atoms with Gasteiger partial charge in [0.25, 0.3) is 0 Å². The van der Waals surface area contributed by atoms with Crippen molar-refractivity contribution in [1.82, 2.24) is 10.2 Å². The van der Waals surface area contributed by atoms with E-state index in [0.717, 1.165) is 25.7 Å². The lowest BCUT2D eigenvalue weighted by Crippen LogP contribution is -2.47. The van der Waals surface area contributed by atoms with E-state index in [4.69, 9.17) is 10.5 Å². The molecule has 0 aromatic carbocycles. The first kappa shape index (κ1) is 17.0. The summed E-state index contributed by atoms with van der Waals surface area (Å²) in [6, 6.07) is 0.811. The number of nitrogens with one attached hydrogen (secondary N) is 1. The Bertz CT molecular complexity index is 312. The van der Waals surface area contributed by atoms with Gasteiger partial charge in [0, 0.05) is 24.7 Å². The summed E-state index contributed by atoms with van der Waals surface area (Å²) in [6.07, 6.45) is 2.90. The fourth-order valence-corrected chi connectivity index (χ4v) is 2.25. The van der Waals surface area contributed by atoms with Crippen LogP contribution < -0.4 is 11.1 Å². The molecule has 19 heavy (non-hydrogen) atoms. The third-order valence-electron chi connectivity index (χ3n) is 3.20. The van der Waals surface area contributed by atoms with E-state index in [1.54, 1.807) is 0 Å². The van der Waals surface area contributed by atoms with Crippen LogP contribution in [0.4, 0.5) is 0 Å². The Labute approximate surface area is 133 Å². The monoisotopic (exact) mass is 382 g/mol. The maximum atomic E-state index is 5.85. The molecular formula is C13H27IN4O. The highest BCUT2D eigenvalue weighted by atomic mass is 127. The van der Waals surface area contributed by atoms with Crippen molar-refractivity contribution < 1.29 is 4.74 Å². The van der Waals surface area contributed by atoms with Crippen LogP contribution in [0, 0.1) is 0 Å². The molecule has 0 amide bonds. The average Bonchev–Trinajstić information content (AvgIpc) is 3.08. The molecule has 5 nitrogen and oxygen atoms in total. The summed E-state index contributed by atoms with van der Waals surface area (Å²) in [5, 5.41) is 3.16. The molecule has 2 aliphatic rings. The van der Waals surface area contributed by atoms with Gasteiger partial charge in [-0.15, -0.1) is 24.0 Å². The first-order chi connectivity index (χ1) is 8.44. The number of morpholine rings is 1. The second-order valence-electron chi connectivity index (χ2n) is 6.32. The van der Waals surface area contributed by atoms with Gasteiger partial charge in [-0.3, -0.25) is 9.89 Å². The molecule has 1 aliphatic heterocycles. The molecule has 1 heterocycles. The van der Waals surface area contributed by atoms with Gasteiger partial charge in [0.05, 0.1) is 19.3 Å². The minimum Gasteiger partial charge on any atom is -0.374 e. The quantitative estimate of drug-likeness (QED) is 0.437. The van der Waals surface area contributed by atoms with Crippen LogP contribution in [-0.2, 0) is 4.74 Å². The topological polar surface area (TPSA) is 62.9 Å². The minimum absolute atomic E-state index is 0. The van der Waals surface area contributed by atoms with Gasteiger partial charge in [-0.05, 0) is 33.6 Å². The molecule has 0 bridgehead atoms. The lowest BCUT2D eigenvalue weighted by atomic mass is 10.1. The highest BCUT2D eigenvalue weighted by molar-refractivity contribution is 14.0. The number of guanidine groups is 1. The van der Waals surface area contributed by atoms with Crippen LogP contribution in [0.25, 0.3) is 0 Å². The van der Waals surface area contributed by atoms with Crippen LogP contribution >= 0.6 is 24.0 Å². The third-order valence-corrected chi connectivity index (χ3v) is 3.20. The standard InChI is InChI=1S/C13H26N4O.HI/c1-13(2,3)16-12(14)15-8-11-9-17(6-7-18-11)10-4-5-10;/h10-11H,4-9H2,1-3H3,(H3,14,15,16);1H. The number of hydrogen-bond donors (Lipinski definition) is 2. The Balaban J connectivity index is 0.00000180. The van der Waals surface area contributed by atoms with Crippen molar-refractivity contribution in [2.45, 2.75) is 51.3 Å². The van der Waals surface area contributed by atoms with Crippen molar-refractivity contribution in [2.24, 2.45) is 10.7 Å². The van der Waals surface area contributed by atoms with Crippen molar-refractivity contribution in [3.05, 3.63) is 0 Å². The average molecular weight is 382 g/mol. The predicted octanol–water partition coefficient (Wildman–Crippen LogP) is 1.17. The second kappa shape index (κ2) is 7.08. The second-order valence-corrected chi connectivity index (χ2v) is 6.32. The van der Waals surface area contributed by atoms with E-state index < -0.39 is 0 Å². The van der Waals surface area contributed by atoms with E-state index >= 15 is 0 Å². The molecule has 1 aliphatic carbocycles. The summed E-state index contributed by atoms with van der Waals surface area (Å²) in [6.45, 7) is 9.75. The summed E-state index contributed by atoms with van der Waals surface area (Å²) >= 11 is 0. The zero-order valence-electron chi connectivity index (χ0n) is 12.2. The van der Waals surface area contributed by atoms with E-state index in [9.17, 15) is 0 Å². The molecule has 3 N–H and O–H groups in total. The van der Waals surface area contributed by atoms with Crippen molar-refractivity contribution in [2.75, 3.05) is 26.2 Å². The lowest BCUT2D eigenvalue weighted by molar-refractivity contribution is -0.0259. The lowest BCUT2D eigenvalue weighted by Gasteiger charge is -2.32. The predicted molar refractivity (Wildman–Crippen MR) is 89.1 cm³/mol. The van der Waals surface area contributed by atoms with Crippen molar-refractivity contribution in [3.63, 3.8) is 0 Å². The number of halogens is 1. The van der Waals surface area contributed by atoms with Crippen LogP contribution in [-0.4, -0.2) is 54.8 Å². The normalized spacial score (nSPS) is 25.8. The van der Waals surface area contributed by atoms with E-state index in [-0.39, 0.29) is 35.6 Å². The molecule has 1 saturated heterocycles. The van der Waals surface area contributed by atoms with Gasteiger partial charge < -0.3 is 15.8 Å². The van der Waals surface area contributed by atoms with Crippen molar-refractivity contribution >= 4 is 29.9 Å². The molecule has 2 fully saturated rings. The summed E-state index contributed by atoms with van der Waals surface area (Å²) < 4.78 is 5.73. The maximum absolute atomic E-state index is 5.85. The van der Waals surface area contributed by atoms with Crippen LogP contribution in [0.15, 0.2) is 4.99 Å². The van der Waals surface area contributed by atoms with Crippen LogP contribution in [0.2, 0.25) is 0 Å². The van der Waals surface area contributed by atoms with Crippen LogP contribution in [0.1, 0.15) is 33.6 Å². The largest absolute Gasteiger partial charge is 0.374 e. The van der Waals surface area contributed by atoms with E-state index in [2.05, 4.69) is 36.0 Å². The number of nitrogens with two attached hydrogens (primary N) is 1. The van der Waals surface area contributed by atoms with Gasteiger partial charge in [0.1, 0.15) is 0 Å². The molecule has 0 aromatic rings. The first-order valence-corrected chi connectivity index (χ1v) is 6.88. The molecular weight excluding hydrogens is 355 g/mol. The van der Waals surface area contributed by atoms with Crippen LogP contribution in [0.3, 0.4) is 0 Å². The number of hydrogen-bond acceptors (Lipinski definition) is 3. The van der Waals surface area contributed by atoms with Crippen LogP contribution in [0.5, 0.6) is 0 Å². The summed E-state index contributed by atoms with van der Waals surface area (Å²) in [7, 11) is 0. The zero-order valence-corrected chi connectivity index (χ0v) is 14.5. The van der Waals surface area contributed by atoms with E-state index in [1.807, 2.05) is 0 Å². The van der Waals surface area contributed by atoms with Gasteiger partial charge in [-0.25, -0.2) is 0 Å². The van der Waals surface area contributed by atoms with Gasteiger partial charge >= 0.3 is 0 Å². The number of aliphatic imine (C=N–C) groups is 1. The molecule has 0 spiro atoms. The third kappa shape index (κ3) is 6.27. The highest BCUT2D eigenvalue weighted by Crippen LogP contribution is 2.28. The Morgan fingerprint density at radius 2 is 2.11 bits per heavy atom. The van der Waals surface area contributed by atoms with Gasteiger partial charge in [-0.1, -0.05) is 0 Å². The molecule has 1 atom stereocenters. The van der Waals surface area contributed by atoms with Crippen molar-refractivity contribution in [3.8, 4) is 0 Å². The zero-order chi connectivity index (χ0) is 13.2. The molecule has 6 heteroatoms. The molecule has 1 saturated carbocycles. The Morgan fingerprint density at radius 3 is 2.68 bits per heavy atom. The Hall–Kier alpha value is -0.0800. The maximum Gasteiger partial charge on any atom is 0.189 e. The fourth-order valence-electron chi connectivity index (χ4n) is 2.25. The number of ether oxygens (including phenoxy) is 1. The Kier molecular flexibility index (Phi) is 6.32. The number of nitrogens with zero attached hydrogens (tertiary/aromatic N) is 2. The first-order valence-electron chi connectivity index (χ1n) is 6.88. The van der Waals surface area contributed by atoms with E-state index in [0.29, 0.717) is 12.5 Å². The summed E-state index contributed by atoms with van der Waals surface area (Å²) in [5.74, 6) is 0.509.